The first-order chi connectivity index (χ1) is 12.1. The summed E-state index contributed by atoms with van der Waals surface area (Å²) < 4.78 is 25.0. The molecule has 0 fully saturated rings. The minimum absolute atomic E-state index is 0.000777. The van der Waals surface area contributed by atoms with Gasteiger partial charge in [-0.25, -0.2) is 14.2 Å². The molecule has 0 bridgehead atoms. The quantitative estimate of drug-likeness (QED) is 0.728. The second kappa shape index (κ2) is 6.77. The summed E-state index contributed by atoms with van der Waals surface area (Å²) in [5.41, 5.74) is 1.21. The number of carbonyl (C=O) groups excluding carboxylic acids is 2. The maximum Gasteiger partial charge on any atom is 0.355 e. The van der Waals surface area contributed by atoms with E-state index in [1.807, 2.05) is 0 Å². The average molecular weight is 349 g/mol. The van der Waals surface area contributed by atoms with Crippen LogP contribution in [0.15, 0.2) is 28.0 Å². The van der Waals surface area contributed by atoms with Crippen molar-refractivity contribution in [1.82, 2.24) is 10.3 Å². The van der Waals surface area contributed by atoms with Gasteiger partial charge in [0.05, 0.1) is 39.2 Å². The summed E-state index contributed by atoms with van der Waals surface area (Å²) in [6.45, 7) is -0.0802. The van der Waals surface area contributed by atoms with Gasteiger partial charge in [0.1, 0.15) is 12.4 Å². The van der Waals surface area contributed by atoms with Gasteiger partial charge in [0.2, 0.25) is 0 Å². The number of methoxy groups -OCH3 is 3. The third-order valence-electron chi connectivity index (χ3n) is 3.70. The third-order valence-corrected chi connectivity index (χ3v) is 3.70. The summed E-state index contributed by atoms with van der Waals surface area (Å²) in [5.74, 6) is -0.938. The Hall–Kier alpha value is -3.14. The van der Waals surface area contributed by atoms with Crippen LogP contribution in [0.3, 0.4) is 0 Å². The van der Waals surface area contributed by atoms with Crippen LogP contribution in [0.25, 0.3) is 11.0 Å². The molecule has 1 aromatic heterocycles. The second-order valence-electron chi connectivity index (χ2n) is 4.96. The molecule has 0 aliphatic carbocycles. The summed E-state index contributed by atoms with van der Waals surface area (Å²) in [6, 6.07) is 3.29. The monoisotopic (exact) mass is 349 g/mol. The van der Waals surface area contributed by atoms with Crippen LogP contribution in [-0.2, 0) is 23.8 Å². The molecule has 0 atom stereocenters. The zero-order valence-corrected chi connectivity index (χ0v) is 13.8. The van der Waals surface area contributed by atoms with Gasteiger partial charge in [-0.15, -0.1) is 0 Å². The predicted octanol–water partition coefficient (Wildman–Crippen LogP) is 0.626. The third kappa shape index (κ3) is 2.76. The Labute approximate surface area is 141 Å². The van der Waals surface area contributed by atoms with Gasteiger partial charge in [-0.1, -0.05) is 0 Å². The molecule has 0 radical (unpaired) electrons. The van der Waals surface area contributed by atoms with Gasteiger partial charge >= 0.3 is 11.9 Å². The van der Waals surface area contributed by atoms with E-state index in [4.69, 9.17) is 23.6 Å². The molecule has 2 aromatic rings. The molecule has 3 rings (SSSR count). The van der Waals surface area contributed by atoms with E-state index in [-0.39, 0.29) is 24.6 Å². The van der Waals surface area contributed by atoms with E-state index in [0.717, 1.165) is 0 Å². The molecular weight excluding hydrogens is 334 g/mol. The van der Waals surface area contributed by atoms with Gasteiger partial charge in [-0.05, 0) is 22.4 Å². The molecule has 1 aromatic carbocycles. The van der Waals surface area contributed by atoms with Crippen molar-refractivity contribution in [2.45, 2.75) is 0 Å². The Balaban J connectivity index is 2.19. The molecular formula is C15H15N3O7. The summed E-state index contributed by atoms with van der Waals surface area (Å²) >= 11 is 0. The Kier molecular flexibility index (Phi) is 4.52. The van der Waals surface area contributed by atoms with Crippen molar-refractivity contribution >= 4 is 28.7 Å². The van der Waals surface area contributed by atoms with Crippen LogP contribution in [0, 0.1) is 0 Å². The molecule has 0 N–H and O–H groups in total. The Bertz CT molecular complexity index is 858. The number of hydrogen-bond donors (Lipinski definition) is 0. The minimum Gasteiger partial charge on any atom is -0.494 e. The lowest BCUT2D eigenvalue weighted by molar-refractivity contribution is -0.140. The number of aromatic nitrogens is 2. The van der Waals surface area contributed by atoms with Crippen molar-refractivity contribution in [3.05, 3.63) is 23.4 Å². The first-order valence-electron chi connectivity index (χ1n) is 7.16. The fourth-order valence-electron chi connectivity index (χ4n) is 2.55. The molecule has 0 amide bonds. The van der Waals surface area contributed by atoms with Crippen LogP contribution in [-0.4, -0.2) is 56.9 Å². The topological polar surface area (TPSA) is 113 Å². The first kappa shape index (κ1) is 16.7. The first-order valence-corrected chi connectivity index (χ1v) is 7.16. The molecule has 1 aliphatic heterocycles. The molecule has 10 heteroatoms. The molecule has 0 saturated heterocycles. The van der Waals surface area contributed by atoms with Gasteiger partial charge in [0.15, 0.2) is 16.8 Å². The van der Waals surface area contributed by atoms with Crippen LogP contribution in [0.1, 0.15) is 0 Å². The van der Waals surface area contributed by atoms with E-state index in [1.54, 1.807) is 12.1 Å². The minimum atomic E-state index is -0.705. The van der Waals surface area contributed by atoms with E-state index in [2.05, 4.69) is 10.3 Å². The summed E-state index contributed by atoms with van der Waals surface area (Å²) in [6.07, 6.45) is 0. The van der Waals surface area contributed by atoms with Crippen LogP contribution in [0.2, 0.25) is 0 Å². The predicted molar refractivity (Wildman–Crippen MR) is 82.7 cm³/mol. The van der Waals surface area contributed by atoms with E-state index < -0.39 is 11.9 Å². The van der Waals surface area contributed by atoms with Crippen LogP contribution in [0.4, 0.5) is 5.69 Å². The van der Waals surface area contributed by atoms with Crippen molar-refractivity contribution in [2.75, 3.05) is 39.6 Å². The van der Waals surface area contributed by atoms with E-state index in [1.165, 1.54) is 26.2 Å². The summed E-state index contributed by atoms with van der Waals surface area (Å²) in [5, 5.41) is 7.66. The highest BCUT2D eigenvalue weighted by molar-refractivity contribution is 6.05. The molecule has 10 nitrogen and oxygen atoms in total. The zero-order chi connectivity index (χ0) is 18.0. The lowest BCUT2D eigenvalue weighted by Crippen LogP contribution is -2.38. The summed E-state index contributed by atoms with van der Waals surface area (Å²) in [4.78, 5) is 25.8. The molecule has 1 aliphatic rings. The van der Waals surface area contributed by atoms with Crippen LogP contribution < -0.4 is 9.64 Å². The van der Waals surface area contributed by atoms with Gasteiger partial charge in [0, 0.05) is 0 Å². The summed E-state index contributed by atoms with van der Waals surface area (Å²) in [7, 11) is 3.93. The van der Waals surface area contributed by atoms with E-state index in [9.17, 15) is 9.59 Å². The molecule has 2 heterocycles. The average Bonchev–Trinajstić information content (AvgIpc) is 3.15. The van der Waals surface area contributed by atoms with Gasteiger partial charge in [-0.3, -0.25) is 0 Å². The number of benzene rings is 1. The number of esters is 2. The van der Waals surface area contributed by atoms with E-state index in [0.29, 0.717) is 22.5 Å². The van der Waals surface area contributed by atoms with Crippen molar-refractivity contribution in [3.63, 3.8) is 0 Å². The highest BCUT2D eigenvalue weighted by atomic mass is 16.6. The fraction of sp³-hybridized carbons (Fsp3) is 0.333. The Morgan fingerprint density at radius 3 is 2.48 bits per heavy atom. The largest absolute Gasteiger partial charge is 0.494 e. The number of fused-ring (bicyclic) bond motifs is 1. The SMILES string of the molecule is COC(=O)C1=C(C(=O)OC)N(c2ccc(OC)c3nonc23)COC1. The maximum atomic E-state index is 12.3. The van der Waals surface area contributed by atoms with E-state index >= 15 is 0 Å². The molecule has 0 spiro atoms. The number of rotatable bonds is 4. The highest BCUT2D eigenvalue weighted by Crippen LogP contribution is 2.35. The van der Waals surface area contributed by atoms with Crippen molar-refractivity contribution in [3.8, 4) is 5.75 Å². The lowest BCUT2D eigenvalue weighted by Gasteiger charge is -2.31. The number of carbonyl (C=O) groups is 2. The number of nitrogens with zero attached hydrogens (tertiary/aromatic N) is 3. The molecule has 0 saturated carbocycles. The van der Waals surface area contributed by atoms with Gasteiger partial charge < -0.3 is 23.8 Å². The Morgan fingerprint density at radius 1 is 1.08 bits per heavy atom. The standard InChI is InChI=1S/C15H15N3O7/c1-21-10-5-4-9(11-12(10)17-25-16-11)18-7-24-6-8(14(19)22-2)13(18)15(20)23-3/h4-5H,6-7H2,1-3H3. The molecule has 25 heavy (non-hydrogen) atoms. The molecule has 132 valence electrons. The molecule has 0 unspecified atom stereocenters. The normalized spacial score (nSPS) is 14.6. The van der Waals surface area contributed by atoms with Crippen molar-refractivity contribution in [2.24, 2.45) is 0 Å². The second-order valence-corrected chi connectivity index (χ2v) is 4.96. The Morgan fingerprint density at radius 2 is 1.80 bits per heavy atom. The van der Waals surface area contributed by atoms with Gasteiger partial charge in [0.25, 0.3) is 0 Å². The highest BCUT2D eigenvalue weighted by Gasteiger charge is 2.34. The number of ether oxygens (including phenoxy) is 4. The number of anilines is 1. The van der Waals surface area contributed by atoms with Crippen molar-refractivity contribution < 1.29 is 33.2 Å². The van der Waals surface area contributed by atoms with Crippen molar-refractivity contribution in [1.29, 1.82) is 0 Å². The van der Waals surface area contributed by atoms with Gasteiger partial charge in [-0.2, -0.15) is 0 Å². The number of hydrogen-bond acceptors (Lipinski definition) is 10. The van der Waals surface area contributed by atoms with Crippen LogP contribution in [0.5, 0.6) is 5.75 Å². The smallest absolute Gasteiger partial charge is 0.355 e. The maximum absolute atomic E-state index is 12.3. The van der Waals surface area contributed by atoms with Crippen LogP contribution >= 0.6 is 0 Å². The zero-order valence-electron chi connectivity index (χ0n) is 13.8. The fourth-order valence-corrected chi connectivity index (χ4v) is 2.55. The lowest BCUT2D eigenvalue weighted by atomic mass is 10.1.